The van der Waals surface area contributed by atoms with Gasteiger partial charge in [-0.1, -0.05) is 20.8 Å². The van der Waals surface area contributed by atoms with Gasteiger partial charge in [0.15, 0.2) is 0 Å². The molecule has 2 aliphatic rings. The van der Waals surface area contributed by atoms with E-state index >= 15 is 0 Å². The molecule has 1 saturated heterocycles. The molecule has 0 saturated carbocycles. The van der Waals surface area contributed by atoms with Crippen LogP contribution < -0.4 is 0 Å². The van der Waals surface area contributed by atoms with Gasteiger partial charge in [-0.05, 0) is 13.2 Å². The van der Waals surface area contributed by atoms with E-state index in [1.165, 1.54) is 34.9 Å². The van der Waals surface area contributed by atoms with Crippen molar-refractivity contribution in [3.63, 3.8) is 0 Å². The van der Waals surface area contributed by atoms with Gasteiger partial charge in [0.2, 0.25) is 12.2 Å². The normalized spacial score (nSPS) is 24.2. The van der Waals surface area contributed by atoms with Gasteiger partial charge < -0.3 is 19.5 Å². The van der Waals surface area contributed by atoms with E-state index in [4.69, 9.17) is 9.47 Å². The molecule has 1 amide bonds. The number of thioether (sulfide) groups is 1. The third-order valence-corrected chi connectivity index (χ3v) is 7.99. The van der Waals surface area contributed by atoms with E-state index in [0.717, 1.165) is 14.7 Å². The van der Waals surface area contributed by atoms with Gasteiger partial charge in [-0.2, -0.15) is 0 Å². The highest BCUT2D eigenvalue weighted by Crippen LogP contribution is 2.52. The number of β-lactam (4-membered cyclic amide) rings is 1. The predicted octanol–water partition coefficient (Wildman–Crippen LogP) is 2.77. The topological polar surface area (TPSA) is 110 Å². The fourth-order valence-corrected chi connectivity index (χ4v) is 6.38. The number of carbonyl (C=O) groups is 3. The molecular weight excluding hydrogens is 466 g/mol. The molecule has 0 radical (unpaired) electrons. The Morgan fingerprint density at radius 1 is 1.24 bits per heavy atom. The quantitative estimate of drug-likeness (QED) is 0.271. The Morgan fingerprint density at radius 3 is 2.55 bits per heavy atom. The number of aliphatic hydroxyl groups excluding tert-OH is 1. The molecule has 2 aromatic rings. The molecule has 9 nitrogen and oxygen atoms in total. The molecule has 5 atom stereocenters. The number of hydrogen-bond donors (Lipinski definition) is 1. The number of carbonyl (C=O) groups excluding carboxylic acids is 3. The molecule has 33 heavy (non-hydrogen) atoms. The lowest BCUT2D eigenvalue weighted by Crippen LogP contribution is -2.63. The van der Waals surface area contributed by atoms with Crippen LogP contribution in [0.1, 0.15) is 39.5 Å². The van der Waals surface area contributed by atoms with Crippen molar-refractivity contribution in [2.45, 2.75) is 58.1 Å². The average Bonchev–Trinajstić information content (AvgIpc) is 3.36. The zero-order chi connectivity index (χ0) is 24.2. The number of thiazole rings is 1. The first-order valence-corrected chi connectivity index (χ1v) is 12.8. The third kappa shape index (κ3) is 3.85. The SMILES string of the molecule is CSc1ncn2cc(C3=C(C(=O)OC(C)OC(=O)C(C)C)N4C(=O)[C@H]([C@@H](C)O)[C@H]4[C@H]3C)sc12. The number of esters is 2. The van der Waals surface area contributed by atoms with E-state index < -0.39 is 30.3 Å². The summed E-state index contributed by atoms with van der Waals surface area (Å²) in [5.41, 5.74) is 0.828. The largest absolute Gasteiger partial charge is 0.425 e. The monoisotopic (exact) mass is 493 g/mol. The molecule has 1 N–H and O–H groups in total. The van der Waals surface area contributed by atoms with Gasteiger partial charge in [0.05, 0.1) is 28.9 Å². The highest BCUT2D eigenvalue weighted by atomic mass is 32.2. The van der Waals surface area contributed by atoms with Crippen molar-refractivity contribution in [1.82, 2.24) is 14.3 Å². The molecule has 1 unspecified atom stereocenters. The molecule has 178 valence electrons. The molecular formula is C22H27N3O6S2. The van der Waals surface area contributed by atoms with Crippen LogP contribution in [-0.4, -0.2) is 61.9 Å². The predicted molar refractivity (Wildman–Crippen MR) is 123 cm³/mol. The summed E-state index contributed by atoms with van der Waals surface area (Å²) in [7, 11) is 0. The average molecular weight is 494 g/mol. The summed E-state index contributed by atoms with van der Waals surface area (Å²) in [5.74, 6) is -2.69. The van der Waals surface area contributed by atoms with Crippen molar-refractivity contribution in [2.24, 2.45) is 17.8 Å². The molecule has 2 aliphatic heterocycles. The maximum absolute atomic E-state index is 13.3. The smallest absolute Gasteiger partial charge is 0.358 e. The van der Waals surface area contributed by atoms with Crippen LogP contribution in [0.2, 0.25) is 0 Å². The fraction of sp³-hybridized carbons (Fsp3) is 0.545. The standard InChI is InChI=1S/C22H27N3O6S2/c1-9(2)21(28)30-12(5)31-22(29)17-14(10(3)16-15(11(4)26)19(27)25(16)17)13-7-24-8-23-18(32-6)20(24)33-13/h7-12,15-16,26H,1-6H3/t10-,11+,12?,15+,16+/m0/s1. The number of amides is 1. The number of ether oxygens (including phenoxy) is 2. The van der Waals surface area contributed by atoms with E-state index in [1.807, 2.05) is 23.8 Å². The van der Waals surface area contributed by atoms with Crippen LogP contribution in [0.25, 0.3) is 10.4 Å². The highest BCUT2D eigenvalue weighted by Gasteiger charge is 2.60. The number of aliphatic hydroxyl groups is 1. The fourth-order valence-electron chi connectivity index (χ4n) is 4.46. The maximum Gasteiger partial charge on any atom is 0.358 e. The van der Waals surface area contributed by atoms with Crippen LogP contribution in [0, 0.1) is 17.8 Å². The summed E-state index contributed by atoms with van der Waals surface area (Å²) >= 11 is 3.01. The maximum atomic E-state index is 13.3. The van der Waals surface area contributed by atoms with Crippen LogP contribution in [0.3, 0.4) is 0 Å². The molecule has 0 aromatic carbocycles. The number of hydrogen-bond acceptors (Lipinski definition) is 9. The molecule has 4 rings (SSSR count). The second-order valence-electron chi connectivity index (χ2n) is 8.64. The van der Waals surface area contributed by atoms with Crippen molar-refractivity contribution >= 4 is 51.3 Å². The highest BCUT2D eigenvalue weighted by molar-refractivity contribution is 7.98. The summed E-state index contributed by atoms with van der Waals surface area (Å²) < 4.78 is 12.5. The van der Waals surface area contributed by atoms with E-state index in [-0.39, 0.29) is 29.5 Å². The van der Waals surface area contributed by atoms with Crippen LogP contribution in [0.15, 0.2) is 23.2 Å². The van der Waals surface area contributed by atoms with Gasteiger partial charge in [0.25, 0.3) is 0 Å². The van der Waals surface area contributed by atoms with Crippen LogP contribution in [0.4, 0.5) is 0 Å². The molecule has 2 aromatic heterocycles. The number of imidazole rings is 1. The van der Waals surface area contributed by atoms with Gasteiger partial charge in [0.1, 0.15) is 21.9 Å². The second kappa shape index (κ2) is 8.77. The summed E-state index contributed by atoms with van der Waals surface area (Å²) in [6, 6.07) is -0.344. The Hall–Kier alpha value is -2.37. The van der Waals surface area contributed by atoms with Crippen molar-refractivity contribution in [3.05, 3.63) is 23.1 Å². The number of aromatic nitrogens is 2. The van der Waals surface area contributed by atoms with Gasteiger partial charge in [0, 0.05) is 24.6 Å². The summed E-state index contributed by atoms with van der Waals surface area (Å²) in [6.45, 7) is 8.37. The van der Waals surface area contributed by atoms with Crippen molar-refractivity contribution in [1.29, 1.82) is 0 Å². The first-order valence-electron chi connectivity index (χ1n) is 10.7. The van der Waals surface area contributed by atoms with Crippen molar-refractivity contribution in [2.75, 3.05) is 6.26 Å². The Bertz CT molecular complexity index is 1150. The minimum Gasteiger partial charge on any atom is -0.425 e. The molecule has 1 fully saturated rings. The zero-order valence-electron chi connectivity index (χ0n) is 19.3. The first-order chi connectivity index (χ1) is 15.6. The Morgan fingerprint density at radius 2 is 1.94 bits per heavy atom. The van der Waals surface area contributed by atoms with E-state index in [9.17, 15) is 19.5 Å². The van der Waals surface area contributed by atoms with Crippen molar-refractivity contribution in [3.8, 4) is 0 Å². The lowest BCUT2D eigenvalue weighted by Gasteiger charge is -2.46. The number of fused-ring (bicyclic) bond motifs is 2. The molecule has 11 heteroatoms. The van der Waals surface area contributed by atoms with Crippen molar-refractivity contribution < 1.29 is 29.0 Å². The summed E-state index contributed by atoms with van der Waals surface area (Å²) in [6.07, 6.45) is 3.60. The van der Waals surface area contributed by atoms with Gasteiger partial charge >= 0.3 is 11.9 Å². The van der Waals surface area contributed by atoms with E-state index in [1.54, 1.807) is 27.1 Å². The lowest BCUT2D eigenvalue weighted by molar-refractivity contribution is -0.187. The molecule has 0 bridgehead atoms. The lowest BCUT2D eigenvalue weighted by atomic mass is 9.77. The van der Waals surface area contributed by atoms with Gasteiger partial charge in [-0.3, -0.25) is 14.0 Å². The Balaban J connectivity index is 1.73. The number of rotatable bonds is 7. The third-order valence-electron chi connectivity index (χ3n) is 6.03. The first kappa shape index (κ1) is 23.8. The van der Waals surface area contributed by atoms with Gasteiger partial charge in [-0.15, -0.1) is 23.1 Å². The molecule has 0 aliphatic carbocycles. The Kier molecular flexibility index (Phi) is 6.32. The molecule has 0 spiro atoms. The van der Waals surface area contributed by atoms with Crippen LogP contribution in [0.5, 0.6) is 0 Å². The summed E-state index contributed by atoms with van der Waals surface area (Å²) in [5, 5.41) is 11.1. The minimum atomic E-state index is -1.11. The van der Waals surface area contributed by atoms with E-state index in [0.29, 0.717) is 5.57 Å². The Labute approximate surface area is 199 Å². The minimum absolute atomic E-state index is 0.144. The van der Waals surface area contributed by atoms with Crippen LogP contribution in [-0.2, 0) is 23.9 Å². The van der Waals surface area contributed by atoms with E-state index in [2.05, 4.69) is 4.98 Å². The zero-order valence-corrected chi connectivity index (χ0v) is 20.9. The van der Waals surface area contributed by atoms with Crippen LogP contribution >= 0.6 is 23.1 Å². The number of nitrogens with zero attached hydrogens (tertiary/aromatic N) is 3. The summed E-state index contributed by atoms with van der Waals surface area (Å²) in [4.78, 5) is 45.7. The second-order valence-corrected chi connectivity index (χ2v) is 10.5. The van der Waals surface area contributed by atoms with Gasteiger partial charge in [-0.25, -0.2) is 9.78 Å². The molecule has 4 heterocycles.